The number of H-pyrrole nitrogens is 1. The standard InChI is InChI=1S/C24H16NOP/c26-27(16-8-2-1-3-9-16)21-13-7-5-11-19(21)23-22(27)15-14-18-17-10-4-6-12-20(17)25-24(18)23/h1-15,25H. The van der Waals surface area contributed by atoms with Crippen molar-refractivity contribution in [3.63, 3.8) is 0 Å². The van der Waals surface area contributed by atoms with Crippen molar-refractivity contribution in [1.82, 2.24) is 4.98 Å². The lowest BCUT2D eigenvalue weighted by Crippen LogP contribution is -2.20. The zero-order valence-electron chi connectivity index (χ0n) is 14.5. The summed E-state index contributed by atoms with van der Waals surface area (Å²) in [6.07, 6.45) is 0. The number of hydrogen-bond acceptors (Lipinski definition) is 1. The molecule has 0 radical (unpaired) electrons. The highest BCUT2D eigenvalue weighted by molar-refractivity contribution is 7.86. The lowest BCUT2D eigenvalue weighted by atomic mass is 10.0. The number of rotatable bonds is 1. The van der Waals surface area contributed by atoms with Crippen LogP contribution < -0.4 is 15.9 Å². The third-order valence-electron chi connectivity index (χ3n) is 5.63. The van der Waals surface area contributed by atoms with Gasteiger partial charge in [0.2, 0.25) is 0 Å². The predicted octanol–water partition coefficient (Wildman–Crippen LogP) is 4.94. The summed E-state index contributed by atoms with van der Waals surface area (Å²) < 4.78 is 14.5. The minimum atomic E-state index is -2.87. The van der Waals surface area contributed by atoms with E-state index >= 15 is 0 Å². The number of hydrogen-bond donors (Lipinski definition) is 1. The average Bonchev–Trinajstić information content (AvgIpc) is 3.23. The van der Waals surface area contributed by atoms with E-state index in [1.807, 2.05) is 54.6 Å². The Kier molecular flexibility index (Phi) is 2.90. The molecule has 1 atom stereocenters. The molecule has 0 bridgehead atoms. The second kappa shape index (κ2) is 5.22. The Hall–Kier alpha value is -3.09. The fourth-order valence-corrected chi connectivity index (χ4v) is 7.51. The molecular formula is C24H16NOP. The third kappa shape index (κ3) is 1.83. The molecule has 1 aromatic heterocycles. The van der Waals surface area contributed by atoms with Crippen LogP contribution in [0.3, 0.4) is 0 Å². The Labute approximate surface area is 156 Å². The maximum Gasteiger partial charge on any atom is 0.172 e. The first-order valence-corrected chi connectivity index (χ1v) is 10.8. The van der Waals surface area contributed by atoms with Crippen LogP contribution in [0.25, 0.3) is 32.9 Å². The van der Waals surface area contributed by atoms with Gasteiger partial charge in [-0.2, -0.15) is 0 Å². The topological polar surface area (TPSA) is 32.9 Å². The maximum atomic E-state index is 14.5. The summed E-state index contributed by atoms with van der Waals surface area (Å²) in [6, 6.07) is 30.6. The molecular weight excluding hydrogens is 349 g/mol. The molecule has 0 amide bonds. The summed E-state index contributed by atoms with van der Waals surface area (Å²) in [5.74, 6) is 0. The van der Waals surface area contributed by atoms with Gasteiger partial charge in [-0.05, 0) is 17.7 Å². The summed E-state index contributed by atoms with van der Waals surface area (Å²) in [5.41, 5.74) is 4.36. The van der Waals surface area contributed by atoms with Crippen LogP contribution in [0.15, 0.2) is 91.0 Å². The first kappa shape index (κ1) is 15.0. The maximum absolute atomic E-state index is 14.5. The van der Waals surface area contributed by atoms with Gasteiger partial charge in [-0.1, -0.05) is 78.9 Å². The van der Waals surface area contributed by atoms with Gasteiger partial charge in [-0.3, -0.25) is 0 Å². The Balaban J connectivity index is 1.81. The lowest BCUT2D eigenvalue weighted by molar-refractivity contribution is 0.593. The van der Waals surface area contributed by atoms with Gasteiger partial charge in [0.25, 0.3) is 0 Å². The first-order valence-electron chi connectivity index (χ1n) is 9.08. The van der Waals surface area contributed by atoms with Gasteiger partial charge in [0.15, 0.2) is 7.14 Å². The molecule has 1 aliphatic rings. The fraction of sp³-hybridized carbons (Fsp3) is 0. The predicted molar refractivity (Wildman–Crippen MR) is 114 cm³/mol. The molecule has 2 nitrogen and oxygen atoms in total. The van der Waals surface area contributed by atoms with E-state index in [-0.39, 0.29) is 0 Å². The van der Waals surface area contributed by atoms with Crippen LogP contribution in [0.2, 0.25) is 0 Å². The summed E-state index contributed by atoms with van der Waals surface area (Å²) in [6.45, 7) is 0. The van der Waals surface area contributed by atoms with Crippen LogP contribution in [-0.4, -0.2) is 4.98 Å². The number of para-hydroxylation sites is 1. The van der Waals surface area contributed by atoms with E-state index in [2.05, 4.69) is 41.4 Å². The molecule has 2 heterocycles. The first-order chi connectivity index (χ1) is 13.3. The SMILES string of the molecule is O=P1(c2ccccc2)c2ccccc2-c2c1ccc1c2[nH]c2ccccc21. The van der Waals surface area contributed by atoms with Crippen LogP contribution in [-0.2, 0) is 4.57 Å². The highest BCUT2D eigenvalue weighted by atomic mass is 31.2. The van der Waals surface area contributed by atoms with Gasteiger partial charge < -0.3 is 9.55 Å². The molecule has 1 aliphatic heterocycles. The molecule has 6 rings (SSSR count). The highest BCUT2D eigenvalue weighted by Gasteiger charge is 2.41. The van der Waals surface area contributed by atoms with Crippen molar-refractivity contribution in [3.8, 4) is 11.1 Å². The van der Waals surface area contributed by atoms with Gasteiger partial charge >= 0.3 is 0 Å². The summed E-state index contributed by atoms with van der Waals surface area (Å²) in [7, 11) is -2.87. The normalized spacial score (nSPS) is 17.9. The van der Waals surface area contributed by atoms with Gasteiger partial charge in [0.1, 0.15) is 0 Å². The van der Waals surface area contributed by atoms with Gasteiger partial charge in [-0.15, -0.1) is 0 Å². The van der Waals surface area contributed by atoms with Crippen LogP contribution in [0.4, 0.5) is 0 Å². The van der Waals surface area contributed by atoms with Crippen molar-refractivity contribution in [1.29, 1.82) is 0 Å². The fourth-order valence-electron chi connectivity index (χ4n) is 4.45. The largest absolute Gasteiger partial charge is 0.354 e. The zero-order chi connectivity index (χ0) is 18.0. The molecule has 0 saturated heterocycles. The monoisotopic (exact) mass is 365 g/mol. The molecule has 4 aromatic carbocycles. The number of fused-ring (bicyclic) bond motifs is 7. The van der Waals surface area contributed by atoms with E-state index in [1.165, 1.54) is 10.8 Å². The number of nitrogens with one attached hydrogen (secondary N) is 1. The highest BCUT2D eigenvalue weighted by Crippen LogP contribution is 2.53. The summed E-state index contributed by atoms with van der Waals surface area (Å²) >= 11 is 0. The van der Waals surface area contributed by atoms with Crippen LogP contribution in [0, 0.1) is 0 Å². The van der Waals surface area contributed by atoms with Crippen molar-refractivity contribution >= 4 is 44.9 Å². The van der Waals surface area contributed by atoms with E-state index < -0.39 is 7.14 Å². The van der Waals surface area contributed by atoms with Crippen molar-refractivity contribution in [2.75, 3.05) is 0 Å². The second-order valence-electron chi connectivity index (χ2n) is 7.01. The molecule has 5 aromatic rings. The number of benzene rings is 4. The molecule has 0 spiro atoms. The average molecular weight is 365 g/mol. The van der Waals surface area contributed by atoms with E-state index in [4.69, 9.17) is 0 Å². The van der Waals surface area contributed by atoms with E-state index in [1.54, 1.807) is 0 Å². The molecule has 128 valence electrons. The van der Waals surface area contributed by atoms with Gasteiger partial charge in [0, 0.05) is 37.8 Å². The molecule has 0 aliphatic carbocycles. The quantitative estimate of drug-likeness (QED) is 0.411. The molecule has 0 fully saturated rings. The molecule has 1 unspecified atom stereocenters. The Bertz CT molecular complexity index is 1400. The Morgan fingerprint density at radius 2 is 1.37 bits per heavy atom. The number of aromatic amines is 1. The smallest absolute Gasteiger partial charge is 0.172 e. The minimum absolute atomic E-state index is 0.895. The van der Waals surface area contributed by atoms with Gasteiger partial charge in [0.05, 0.1) is 5.52 Å². The lowest BCUT2D eigenvalue weighted by Gasteiger charge is -2.15. The second-order valence-corrected chi connectivity index (χ2v) is 9.71. The van der Waals surface area contributed by atoms with Crippen LogP contribution in [0.1, 0.15) is 0 Å². The summed E-state index contributed by atoms with van der Waals surface area (Å²) in [4.78, 5) is 3.59. The summed E-state index contributed by atoms with van der Waals surface area (Å²) in [5, 5.41) is 5.16. The number of aromatic nitrogens is 1. The van der Waals surface area contributed by atoms with Crippen molar-refractivity contribution in [3.05, 3.63) is 91.0 Å². The zero-order valence-corrected chi connectivity index (χ0v) is 15.4. The third-order valence-corrected chi connectivity index (χ3v) is 8.78. The van der Waals surface area contributed by atoms with E-state index in [0.29, 0.717) is 0 Å². The Morgan fingerprint density at radius 1 is 0.630 bits per heavy atom. The van der Waals surface area contributed by atoms with Crippen LogP contribution in [0.5, 0.6) is 0 Å². The molecule has 1 N–H and O–H groups in total. The molecule has 3 heteroatoms. The van der Waals surface area contributed by atoms with Gasteiger partial charge in [-0.25, -0.2) is 0 Å². The van der Waals surface area contributed by atoms with Crippen LogP contribution >= 0.6 is 7.14 Å². The van der Waals surface area contributed by atoms with Crippen molar-refractivity contribution in [2.45, 2.75) is 0 Å². The Morgan fingerprint density at radius 3 is 2.26 bits per heavy atom. The molecule has 0 saturated carbocycles. The molecule has 27 heavy (non-hydrogen) atoms. The van der Waals surface area contributed by atoms with E-state index in [0.717, 1.165) is 38.1 Å². The minimum Gasteiger partial charge on any atom is -0.354 e. The van der Waals surface area contributed by atoms with Crippen molar-refractivity contribution < 1.29 is 4.57 Å². The van der Waals surface area contributed by atoms with Crippen molar-refractivity contribution in [2.24, 2.45) is 0 Å². The van der Waals surface area contributed by atoms with E-state index in [9.17, 15) is 4.57 Å².